The lowest BCUT2D eigenvalue weighted by Crippen LogP contribution is -2.45. The Bertz CT molecular complexity index is 836. The average molecular weight is 420 g/mol. The fraction of sp³-hybridized carbons (Fsp3) is 0.591. The standard InChI is InChI=1S/C22H28O8/c1-7-10(2)20(24)29-15-9-22(6,26)19-18(30-19)17(27-13(5)23)11(3)8-14-16(15)12(4)21(25)28-14/h7-8,14-19,26H,4,9H2,1-3,5-6H3/b10-7+,11-8-/t14-,15-,16+,17-,18+,19+,22-/m1/s1. The van der Waals surface area contributed by atoms with E-state index in [0.717, 1.165) is 0 Å². The van der Waals surface area contributed by atoms with Crippen molar-refractivity contribution in [1.82, 2.24) is 0 Å². The number of epoxide rings is 1. The maximum absolute atomic E-state index is 12.5. The monoisotopic (exact) mass is 420 g/mol. The molecule has 164 valence electrons. The Labute approximate surface area is 175 Å². The van der Waals surface area contributed by atoms with Crippen LogP contribution in [0, 0.1) is 5.92 Å². The van der Waals surface area contributed by atoms with Crippen molar-refractivity contribution in [2.24, 2.45) is 5.92 Å². The molecule has 2 fully saturated rings. The molecule has 30 heavy (non-hydrogen) atoms. The first-order valence-electron chi connectivity index (χ1n) is 9.93. The average Bonchev–Trinajstić information content (AvgIpc) is 3.40. The van der Waals surface area contributed by atoms with Gasteiger partial charge in [0.1, 0.15) is 24.4 Å². The van der Waals surface area contributed by atoms with Gasteiger partial charge in [-0.2, -0.15) is 0 Å². The molecule has 0 radical (unpaired) electrons. The molecule has 0 saturated carbocycles. The number of fused-ring (bicyclic) bond motifs is 2. The number of carbonyl (C=O) groups excluding carboxylic acids is 3. The topological polar surface area (TPSA) is 112 Å². The van der Waals surface area contributed by atoms with Crippen LogP contribution < -0.4 is 0 Å². The van der Waals surface area contributed by atoms with Gasteiger partial charge >= 0.3 is 17.9 Å². The van der Waals surface area contributed by atoms with Crippen LogP contribution >= 0.6 is 0 Å². The molecule has 8 nitrogen and oxygen atoms in total. The molecule has 7 atom stereocenters. The van der Waals surface area contributed by atoms with Gasteiger partial charge in [-0.25, -0.2) is 9.59 Å². The second kappa shape index (κ2) is 8.00. The smallest absolute Gasteiger partial charge is 0.334 e. The molecule has 1 N–H and O–H groups in total. The summed E-state index contributed by atoms with van der Waals surface area (Å²) in [4.78, 5) is 36.4. The van der Waals surface area contributed by atoms with Gasteiger partial charge < -0.3 is 24.1 Å². The van der Waals surface area contributed by atoms with E-state index in [-0.39, 0.29) is 12.0 Å². The van der Waals surface area contributed by atoms with Gasteiger partial charge in [-0.1, -0.05) is 12.7 Å². The Morgan fingerprint density at radius 1 is 1.33 bits per heavy atom. The predicted octanol–water partition coefficient (Wildman–Crippen LogP) is 1.76. The number of esters is 3. The van der Waals surface area contributed by atoms with E-state index in [2.05, 4.69) is 6.58 Å². The summed E-state index contributed by atoms with van der Waals surface area (Å²) < 4.78 is 22.3. The first-order valence-corrected chi connectivity index (χ1v) is 9.93. The van der Waals surface area contributed by atoms with Crippen LogP contribution in [0.4, 0.5) is 0 Å². The highest BCUT2D eigenvalue weighted by molar-refractivity contribution is 5.92. The normalized spacial score (nSPS) is 40.3. The number of hydrogen-bond acceptors (Lipinski definition) is 8. The number of aliphatic hydroxyl groups is 1. The molecule has 2 heterocycles. The summed E-state index contributed by atoms with van der Waals surface area (Å²) in [5.41, 5.74) is -0.232. The van der Waals surface area contributed by atoms with Gasteiger partial charge in [0.15, 0.2) is 6.10 Å². The third-order valence-corrected chi connectivity index (χ3v) is 5.90. The van der Waals surface area contributed by atoms with Crippen LogP contribution in [0.15, 0.2) is 35.5 Å². The first-order chi connectivity index (χ1) is 14.0. The van der Waals surface area contributed by atoms with E-state index in [0.29, 0.717) is 11.1 Å². The van der Waals surface area contributed by atoms with Crippen molar-refractivity contribution in [1.29, 1.82) is 0 Å². The summed E-state index contributed by atoms with van der Waals surface area (Å²) in [5.74, 6) is -2.33. The number of rotatable bonds is 3. The SMILES string of the molecule is C=C1C(=O)O[C@@H]2/C=C(/C)[C@@H](OC(C)=O)[C@@H]3O[C@@H]3[C@](C)(O)C[C@@H](OC(=O)/C(C)=C/C)[C@@H]12. The van der Waals surface area contributed by atoms with Crippen molar-refractivity contribution >= 4 is 17.9 Å². The maximum Gasteiger partial charge on any atom is 0.334 e. The highest BCUT2D eigenvalue weighted by Crippen LogP contribution is 2.45. The molecule has 8 heteroatoms. The fourth-order valence-corrected chi connectivity index (χ4v) is 4.10. The lowest BCUT2D eigenvalue weighted by Gasteiger charge is -2.33. The number of carbonyl (C=O) groups is 3. The van der Waals surface area contributed by atoms with Gasteiger partial charge in [-0.3, -0.25) is 4.79 Å². The minimum atomic E-state index is -1.41. The number of ether oxygens (including phenoxy) is 4. The van der Waals surface area contributed by atoms with Crippen LogP contribution in [0.1, 0.15) is 41.0 Å². The summed E-state index contributed by atoms with van der Waals surface area (Å²) in [6.45, 7) is 11.8. The molecular weight excluding hydrogens is 392 g/mol. The van der Waals surface area contributed by atoms with E-state index in [1.54, 1.807) is 39.8 Å². The van der Waals surface area contributed by atoms with Crippen LogP contribution in [0.5, 0.6) is 0 Å². The van der Waals surface area contributed by atoms with Gasteiger partial charge in [0.25, 0.3) is 0 Å². The molecule has 0 aromatic carbocycles. The summed E-state index contributed by atoms with van der Waals surface area (Å²) in [6.07, 6.45) is -0.261. The first kappa shape index (κ1) is 22.2. The number of allylic oxidation sites excluding steroid dienone is 1. The van der Waals surface area contributed by atoms with E-state index >= 15 is 0 Å². The minimum absolute atomic E-state index is 0.00654. The molecule has 0 bridgehead atoms. The fourth-order valence-electron chi connectivity index (χ4n) is 4.10. The van der Waals surface area contributed by atoms with Gasteiger partial charge in [-0.05, 0) is 39.3 Å². The van der Waals surface area contributed by atoms with Gasteiger partial charge in [0, 0.05) is 24.5 Å². The molecule has 0 aromatic heterocycles. The zero-order chi connectivity index (χ0) is 22.4. The molecule has 0 spiro atoms. The summed E-state index contributed by atoms with van der Waals surface area (Å²) in [6, 6.07) is 0. The van der Waals surface area contributed by atoms with Crippen molar-refractivity contribution in [3.63, 3.8) is 0 Å². The lowest BCUT2D eigenvalue weighted by atomic mass is 9.80. The Hall–Kier alpha value is -2.45. The van der Waals surface area contributed by atoms with Gasteiger partial charge in [0.2, 0.25) is 0 Å². The highest BCUT2D eigenvalue weighted by atomic mass is 16.6. The Morgan fingerprint density at radius 3 is 2.60 bits per heavy atom. The van der Waals surface area contributed by atoms with E-state index in [1.165, 1.54) is 6.92 Å². The molecule has 1 aliphatic carbocycles. The van der Waals surface area contributed by atoms with Crippen molar-refractivity contribution in [2.45, 2.75) is 77.2 Å². The van der Waals surface area contributed by atoms with Crippen molar-refractivity contribution < 1.29 is 38.4 Å². The van der Waals surface area contributed by atoms with Crippen molar-refractivity contribution in [2.75, 3.05) is 0 Å². The largest absolute Gasteiger partial charge is 0.458 e. The Kier molecular flexibility index (Phi) is 5.93. The maximum atomic E-state index is 12.5. The molecule has 0 amide bonds. The number of hydrogen-bond donors (Lipinski definition) is 1. The zero-order valence-corrected chi connectivity index (χ0v) is 17.8. The van der Waals surface area contributed by atoms with Crippen LogP contribution in [0.2, 0.25) is 0 Å². The van der Waals surface area contributed by atoms with Crippen molar-refractivity contribution in [3.05, 3.63) is 35.5 Å². The van der Waals surface area contributed by atoms with Gasteiger partial charge in [-0.15, -0.1) is 0 Å². The molecule has 3 aliphatic rings. The van der Waals surface area contributed by atoms with Crippen LogP contribution in [0.3, 0.4) is 0 Å². The Balaban J connectivity index is 2.03. The molecule has 2 saturated heterocycles. The van der Waals surface area contributed by atoms with Crippen LogP contribution in [0.25, 0.3) is 0 Å². The quantitative estimate of drug-likeness (QED) is 0.242. The third-order valence-electron chi connectivity index (χ3n) is 5.90. The molecular formula is C22H28O8. The van der Waals surface area contributed by atoms with Gasteiger partial charge in [0.05, 0.1) is 11.5 Å². The van der Waals surface area contributed by atoms with E-state index in [4.69, 9.17) is 18.9 Å². The minimum Gasteiger partial charge on any atom is -0.458 e. The highest BCUT2D eigenvalue weighted by Gasteiger charge is 2.59. The second-order valence-corrected chi connectivity index (χ2v) is 8.36. The molecule has 0 aromatic rings. The third kappa shape index (κ3) is 4.20. The van der Waals surface area contributed by atoms with Crippen LogP contribution in [-0.2, 0) is 33.3 Å². The summed E-state index contributed by atoms with van der Waals surface area (Å²) in [7, 11) is 0. The van der Waals surface area contributed by atoms with E-state index < -0.39 is 59.9 Å². The van der Waals surface area contributed by atoms with E-state index in [1.807, 2.05) is 0 Å². The lowest BCUT2D eigenvalue weighted by molar-refractivity contribution is -0.152. The molecule has 3 rings (SSSR count). The van der Waals surface area contributed by atoms with E-state index in [9.17, 15) is 19.5 Å². The van der Waals surface area contributed by atoms with Crippen molar-refractivity contribution in [3.8, 4) is 0 Å². The summed E-state index contributed by atoms with van der Waals surface area (Å²) >= 11 is 0. The zero-order valence-electron chi connectivity index (χ0n) is 17.8. The second-order valence-electron chi connectivity index (χ2n) is 8.36. The Morgan fingerprint density at radius 2 is 2.00 bits per heavy atom. The predicted molar refractivity (Wildman–Crippen MR) is 105 cm³/mol. The molecule has 0 unspecified atom stereocenters. The summed E-state index contributed by atoms with van der Waals surface area (Å²) in [5, 5.41) is 11.1. The molecule has 2 aliphatic heterocycles. The van der Waals surface area contributed by atoms with Crippen LogP contribution in [-0.4, -0.2) is 59.1 Å².